The number of ketones is 1. The molecule has 3 heterocycles. The molecular weight excluding hydrogens is 446 g/mol. The molecule has 1 aliphatic heterocycles. The van der Waals surface area contributed by atoms with Crippen molar-refractivity contribution in [3.63, 3.8) is 0 Å². The van der Waals surface area contributed by atoms with Crippen molar-refractivity contribution < 1.29 is 23.8 Å². The van der Waals surface area contributed by atoms with Crippen LogP contribution in [0.4, 0.5) is 0 Å². The maximum atomic E-state index is 13.7. The molecule has 6 rings (SSSR count). The largest absolute Gasteiger partial charge is 0.493 e. The van der Waals surface area contributed by atoms with Crippen molar-refractivity contribution in [2.45, 2.75) is 18.8 Å². The molecule has 3 aromatic rings. The third-order valence-corrected chi connectivity index (χ3v) is 7.70. The number of carbonyl (C=O) groups is 2. The van der Waals surface area contributed by atoms with E-state index < -0.39 is 0 Å². The number of hydrogen-bond donors (Lipinski definition) is 2. The number of carbonyl (C=O) groups excluding carboxylic acids is 2. The van der Waals surface area contributed by atoms with Crippen LogP contribution < -0.4 is 14.2 Å². The second-order valence-electron chi connectivity index (χ2n) is 8.79. The minimum Gasteiger partial charge on any atom is -0.493 e. The number of aromatic nitrogens is 2. The Labute approximate surface area is 194 Å². The second kappa shape index (κ2) is 6.57. The van der Waals surface area contributed by atoms with E-state index >= 15 is 0 Å². The van der Waals surface area contributed by atoms with Gasteiger partial charge in [-0.25, -0.2) is 0 Å². The van der Waals surface area contributed by atoms with Crippen molar-refractivity contribution in [1.29, 1.82) is 0 Å². The van der Waals surface area contributed by atoms with E-state index in [-0.39, 0.29) is 23.0 Å². The molecule has 1 spiro atoms. The second-order valence-corrected chi connectivity index (χ2v) is 9.17. The first-order valence-corrected chi connectivity index (χ1v) is 11.0. The summed E-state index contributed by atoms with van der Waals surface area (Å²) >= 11 is 6.61. The number of nitrogens with zero attached hydrogens (tertiary/aromatic N) is 1. The lowest BCUT2D eigenvalue weighted by Crippen LogP contribution is -2.33. The maximum absolute atomic E-state index is 13.7. The van der Waals surface area contributed by atoms with Crippen LogP contribution in [0.2, 0.25) is 5.02 Å². The number of H-pyrrole nitrogens is 2. The van der Waals surface area contributed by atoms with Gasteiger partial charge in [0.25, 0.3) is 5.91 Å². The van der Waals surface area contributed by atoms with Crippen LogP contribution in [0.25, 0.3) is 10.9 Å². The molecule has 2 fully saturated rings. The summed E-state index contributed by atoms with van der Waals surface area (Å²) in [5.41, 5.74) is 3.57. The predicted molar refractivity (Wildman–Crippen MR) is 122 cm³/mol. The molecule has 0 bridgehead atoms. The Balaban J connectivity index is 1.43. The zero-order chi connectivity index (χ0) is 23.2. The van der Waals surface area contributed by atoms with Gasteiger partial charge in [-0.05, 0) is 31.4 Å². The SMILES string of the molecule is COc1cc2cc(C(=O)N3C[C@H]4C[C@@]45C3=CC(=O)c3[nH]c(C)c(Cl)c35)[nH]c2c(OC)c1OC. The van der Waals surface area contributed by atoms with Crippen LogP contribution >= 0.6 is 11.6 Å². The molecule has 9 heteroatoms. The number of aromatic amines is 2. The number of likely N-dealkylation sites (tertiary alicyclic amines) is 1. The summed E-state index contributed by atoms with van der Waals surface area (Å²) in [5.74, 6) is 1.29. The molecule has 1 amide bonds. The number of halogens is 1. The topological polar surface area (TPSA) is 96.7 Å². The molecule has 2 aromatic heterocycles. The third kappa shape index (κ3) is 2.41. The molecular formula is C24H22ClN3O5. The van der Waals surface area contributed by atoms with Crippen LogP contribution in [0, 0.1) is 12.8 Å². The fraction of sp³-hybridized carbons (Fsp3) is 0.333. The van der Waals surface area contributed by atoms with E-state index in [1.165, 1.54) is 14.2 Å². The van der Waals surface area contributed by atoms with Gasteiger partial charge in [0.05, 0.1) is 37.6 Å². The Bertz CT molecular complexity index is 1420. The Hall–Kier alpha value is -3.39. The number of amides is 1. The van der Waals surface area contributed by atoms with Crippen molar-refractivity contribution in [1.82, 2.24) is 14.9 Å². The van der Waals surface area contributed by atoms with Gasteiger partial charge in [-0.3, -0.25) is 9.59 Å². The van der Waals surface area contributed by atoms with Gasteiger partial charge < -0.3 is 29.1 Å². The molecule has 170 valence electrons. The predicted octanol–water partition coefficient (Wildman–Crippen LogP) is 3.98. The van der Waals surface area contributed by atoms with Crippen LogP contribution in [-0.2, 0) is 5.41 Å². The molecule has 8 nitrogen and oxygen atoms in total. The van der Waals surface area contributed by atoms with Crippen molar-refractivity contribution in [2.75, 3.05) is 27.9 Å². The van der Waals surface area contributed by atoms with Gasteiger partial charge in [0.2, 0.25) is 11.5 Å². The molecule has 2 aliphatic carbocycles. The van der Waals surface area contributed by atoms with Gasteiger partial charge in [-0.15, -0.1) is 0 Å². The third-order valence-electron chi connectivity index (χ3n) is 7.22. The average Bonchev–Trinajstić information content (AvgIpc) is 3.07. The van der Waals surface area contributed by atoms with E-state index in [9.17, 15) is 9.59 Å². The van der Waals surface area contributed by atoms with Gasteiger partial charge in [0.1, 0.15) is 5.69 Å². The number of benzene rings is 1. The first-order chi connectivity index (χ1) is 15.8. The molecule has 33 heavy (non-hydrogen) atoms. The highest BCUT2D eigenvalue weighted by molar-refractivity contribution is 6.33. The van der Waals surface area contributed by atoms with Gasteiger partial charge in [0, 0.05) is 40.4 Å². The van der Waals surface area contributed by atoms with Crippen molar-refractivity contribution in [3.05, 3.63) is 51.6 Å². The number of methoxy groups -OCH3 is 3. The molecule has 0 unspecified atom stereocenters. The number of ether oxygens (including phenoxy) is 3. The Kier molecular flexibility index (Phi) is 4.03. The van der Waals surface area contributed by atoms with Crippen LogP contribution in [0.3, 0.4) is 0 Å². The number of rotatable bonds is 4. The van der Waals surface area contributed by atoms with E-state index in [2.05, 4.69) is 9.97 Å². The average molecular weight is 468 g/mol. The Morgan fingerprint density at radius 3 is 2.61 bits per heavy atom. The van der Waals surface area contributed by atoms with Gasteiger partial charge >= 0.3 is 0 Å². The fourth-order valence-corrected chi connectivity index (χ4v) is 5.97. The van der Waals surface area contributed by atoms with Crippen molar-refractivity contribution in [3.8, 4) is 17.2 Å². The van der Waals surface area contributed by atoms with E-state index in [1.54, 1.807) is 30.2 Å². The molecule has 1 saturated heterocycles. The molecule has 1 aromatic carbocycles. The minimum absolute atomic E-state index is 0.154. The van der Waals surface area contributed by atoms with Crippen LogP contribution in [0.1, 0.15) is 38.7 Å². The summed E-state index contributed by atoms with van der Waals surface area (Å²) < 4.78 is 16.4. The number of fused-ring (bicyclic) bond motifs is 2. The van der Waals surface area contributed by atoms with E-state index in [4.69, 9.17) is 25.8 Å². The summed E-state index contributed by atoms with van der Waals surface area (Å²) in [6, 6.07) is 3.56. The van der Waals surface area contributed by atoms with Crippen molar-refractivity contribution >= 4 is 34.2 Å². The van der Waals surface area contributed by atoms with Gasteiger partial charge in [-0.2, -0.15) is 0 Å². The lowest BCUT2D eigenvalue weighted by atomic mass is 9.85. The Morgan fingerprint density at radius 1 is 1.15 bits per heavy atom. The van der Waals surface area contributed by atoms with Crippen molar-refractivity contribution in [2.24, 2.45) is 5.92 Å². The monoisotopic (exact) mass is 467 g/mol. The number of aryl methyl sites for hydroxylation is 1. The minimum atomic E-state index is -0.364. The van der Waals surface area contributed by atoms with E-state index in [0.717, 1.165) is 28.8 Å². The molecule has 2 N–H and O–H groups in total. The van der Waals surface area contributed by atoms with Gasteiger partial charge in [-0.1, -0.05) is 11.6 Å². The molecule has 0 radical (unpaired) electrons. The van der Waals surface area contributed by atoms with E-state index in [0.29, 0.717) is 45.7 Å². The Morgan fingerprint density at radius 2 is 1.91 bits per heavy atom. The number of hydrogen-bond acceptors (Lipinski definition) is 5. The maximum Gasteiger partial charge on any atom is 0.274 e. The first kappa shape index (κ1) is 20.2. The first-order valence-electron chi connectivity index (χ1n) is 10.6. The fourth-order valence-electron chi connectivity index (χ4n) is 5.66. The molecule has 3 aliphatic rings. The molecule has 1 saturated carbocycles. The summed E-state index contributed by atoms with van der Waals surface area (Å²) in [7, 11) is 4.62. The lowest BCUT2D eigenvalue weighted by molar-refractivity contribution is 0.0806. The highest BCUT2D eigenvalue weighted by Gasteiger charge is 2.68. The van der Waals surface area contributed by atoms with Gasteiger partial charge in [0.15, 0.2) is 11.5 Å². The molecule has 2 atom stereocenters. The normalized spacial score (nSPS) is 22.6. The lowest BCUT2D eigenvalue weighted by Gasteiger charge is -2.27. The number of piperidine rings is 1. The van der Waals surface area contributed by atoms with Crippen LogP contribution in [0.15, 0.2) is 23.9 Å². The highest BCUT2D eigenvalue weighted by Crippen LogP contribution is 2.68. The number of nitrogens with one attached hydrogen (secondary N) is 2. The zero-order valence-corrected chi connectivity index (χ0v) is 19.3. The highest BCUT2D eigenvalue weighted by atomic mass is 35.5. The smallest absolute Gasteiger partial charge is 0.274 e. The summed E-state index contributed by atoms with van der Waals surface area (Å²) in [6.07, 6.45) is 2.48. The zero-order valence-electron chi connectivity index (χ0n) is 18.6. The number of allylic oxidation sites excluding steroid dienone is 2. The summed E-state index contributed by atoms with van der Waals surface area (Å²) in [5, 5.41) is 1.35. The standard InChI is InChI=1S/C24H22ClN3O5/c1-10-18(25)17-20(26-10)14(29)7-16-24(17)8-12(24)9-28(16)23(30)13-5-11-6-15(31-2)21(32-3)22(33-4)19(11)27-13/h5-7,12,26-27H,8-9H2,1-4H3/t12-,24+/m1/s1. The summed E-state index contributed by atoms with van der Waals surface area (Å²) in [4.78, 5) is 34.5. The quantitative estimate of drug-likeness (QED) is 0.605. The van der Waals surface area contributed by atoms with Crippen LogP contribution in [0.5, 0.6) is 17.2 Å². The van der Waals surface area contributed by atoms with Crippen LogP contribution in [-0.4, -0.2) is 54.4 Å². The summed E-state index contributed by atoms with van der Waals surface area (Å²) in [6.45, 7) is 2.40. The van der Waals surface area contributed by atoms with E-state index in [1.807, 2.05) is 6.92 Å².